The monoisotopic (exact) mass is 914 g/mol. The first-order chi connectivity index (χ1) is 32.7. The molecule has 5 fully saturated rings. The number of aryl methyl sites for hydroxylation is 1. The summed E-state index contributed by atoms with van der Waals surface area (Å²) in [5, 5.41) is 18.1. The molecule has 348 valence electrons. The van der Waals surface area contributed by atoms with Crippen LogP contribution in [0.2, 0.25) is 0 Å². The van der Waals surface area contributed by atoms with E-state index in [0.717, 1.165) is 101 Å². The highest BCUT2D eigenvalue weighted by atomic mass is 16.5. The highest BCUT2D eigenvalue weighted by Crippen LogP contribution is 2.39. The van der Waals surface area contributed by atoms with Gasteiger partial charge in [0.2, 0.25) is 11.8 Å². The molecule has 8 heterocycles. The largest absolute Gasteiger partial charge is 0.372 e. The van der Waals surface area contributed by atoms with Gasteiger partial charge in [-0.2, -0.15) is 10.1 Å². The number of fused-ring (bicyclic) bond motifs is 4. The van der Waals surface area contributed by atoms with Crippen LogP contribution >= 0.6 is 0 Å². The summed E-state index contributed by atoms with van der Waals surface area (Å²) in [6.45, 7) is 13.1. The fourth-order valence-electron chi connectivity index (χ4n) is 10.7. The Balaban J connectivity index is 0.676. The van der Waals surface area contributed by atoms with E-state index in [1.165, 1.54) is 12.1 Å². The summed E-state index contributed by atoms with van der Waals surface area (Å²) in [5.41, 5.74) is 9.57. The van der Waals surface area contributed by atoms with Gasteiger partial charge in [-0.05, 0) is 109 Å². The average molecular weight is 915 g/mol. The number of piperazine rings is 1. The number of piperidine rings is 3. The molecule has 12 rings (SSSR count). The van der Waals surface area contributed by atoms with E-state index in [4.69, 9.17) is 9.62 Å². The van der Waals surface area contributed by atoms with Crippen LogP contribution in [-0.2, 0) is 21.5 Å². The van der Waals surface area contributed by atoms with Crippen LogP contribution in [0.1, 0.15) is 101 Å². The zero-order valence-corrected chi connectivity index (χ0v) is 38.7. The van der Waals surface area contributed by atoms with Crippen LogP contribution in [-0.4, -0.2) is 111 Å². The molecule has 2 bridgehead atoms. The summed E-state index contributed by atoms with van der Waals surface area (Å²) >= 11 is 0. The third kappa shape index (κ3) is 7.89. The highest BCUT2D eigenvalue weighted by molar-refractivity contribution is 6.23. The predicted molar refractivity (Wildman–Crippen MR) is 255 cm³/mol. The smallest absolute Gasteiger partial charge is 0.315 e. The first-order valence-corrected chi connectivity index (χ1v) is 23.7. The van der Waals surface area contributed by atoms with Crippen molar-refractivity contribution in [2.75, 3.05) is 42.5 Å². The number of carbonyl (C=O) groups is 5. The summed E-state index contributed by atoms with van der Waals surface area (Å²) in [6.07, 6.45) is 3.68. The number of hydrogen-bond donors (Lipinski definition) is 3. The van der Waals surface area contributed by atoms with Gasteiger partial charge >= 0.3 is 11.8 Å². The van der Waals surface area contributed by atoms with Gasteiger partial charge in [0.25, 0.3) is 11.8 Å². The molecule has 3 unspecified atom stereocenters. The van der Waals surface area contributed by atoms with Crippen molar-refractivity contribution in [2.24, 2.45) is 5.92 Å². The molecule has 5 amide bonds. The van der Waals surface area contributed by atoms with Crippen molar-refractivity contribution in [1.29, 1.82) is 0 Å². The Labute approximate surface area is 393 Å². The van der Waals surface area contributed by atoms with Crippen LogP contribution in [0.3, 0.4) is 0 Å². The van der Waals surface area contributed by atoms with Gasteiger partial charge in [0.1, 0.15) is 6.04 Å². The normalized spacial score (nSPS) is 21.1. The van der Waals surface area contributed by atoms with Crippen LogP contribution in [0.5, 0.6) is 0 Å². The van der Waals surface area contributed by atoms with Crippen LogP contribution in [0, 0.1) is 12.8 Å². The number of nitrogens with one attached hydrogen (secondary N) is 3. The molecule has 3 N–H and O–H groups in total. The van der Waals surface area contributed by atoms with E-state index in [-0.39, 0.29) is 30.1 Å². The van der Waals surface area contributed by atoms with E-state index in [1.54, 1.807) is 6.07 Å². The van der Waals surface area contributed by atoms with E-state index < -0.39 is 29.7 Å². The summed E-state index contributed by atoms with van der Waals surface area (Å²) in [4.78, 5) is 76.5. The minimum Gasteiger partial charge on any atom is -0.372 e. The van der Waals surface area contributed by atoms with Crippen molar-refractivity contribution < 1.29 is 28.5 Å². The minimum absolute atomic E-state index is 0.0448. The van der Waals surface area contributed by atoms with Crippen molar-refractivity contribution in [1.82, 2.24) is 40.8 Å². The molecule has 3 atom stereocenters. The molecule has 5 saturated heterocycles. The number of hydrogen-bond acceptors (Lipinski definition) is 12. The Morgan fingerprint density at radius 1 is 0.809 bits per heavy atom. The van der Waals surface area contributed by atoms with E-state index in [1.807, 2.05) is 52.0 Å². The SMILES string of the molecule is Cc1cc(-c2n[nH]c3ccc(-c4ccc(N5CCC(CN6C7CC6CN(c6ccc8c(c6)C(=O)N(C6CCC(=O)NC6=O)C8=O)C7)CC5)cc4)cc23)ccc1CNC(=O)c1nc(C(C)(C)C)no1. The molecule has 68 heavy (non-hydrogen) atoms. The minimum atomic E-state index is -0.968. The van der Waals surface area contributed by atoms with E-state index in [9.17, 15) is 24.0 Å². The Bertz CT molecular complexity index is 3000. The number of anilines is 2. The second-order valence-electron chi connectivity index (χ2n) is 20.1. The second-order valence-corrected chi connectivity index (χ2v) is 20.1. The van der Waals surface area contributed by atoms with E-state index in [0.29, 0.717) is 41.5 Å². The zero-order valence-electron chi connectivity index (χ0n) is 38.7. The van der Waals surface area contributed by atoms with Gasteiger partial charge in [-0.25, -0.2) is 0 Å². The lowest BCUT2D eigenvalue weighted by Crippen LogP contribution is -2.69. The molecule has 0 radical (unpaired) electrons. The molecule has 16 heteroatoms. The van der Waals surface area contributed by atoms with Crippen LogP contribution < -0.4 is 20.4 Å². The Morgan fingerprint density at radius 2 is 1.53 bits per heavy atom. The third-order valence-corrected chi connectivity index (χ3v) is 14.7. The van der Waals surface area contributed by atoms with Gasteiger partial charge in [0, 0.05) is 85.5 Å². The quantitative estimate of drug-likeness (QED) is 0.129. The van der Waals surface area contributed by atoms with Crippen molar-refractivity contribution in [3.05, 3.63) is 113 Å². The number of amides is 5. The lowest BCUT2D eigenvalue weighted by molar-refractivity contribution is -0.136. The molecular weight excluding hydrogens is 861 g/mol. The topological polar surface area (TPSA) is 190 Å². The second kappa shape index (κ2) is 16.8. The Kier molecular flexibility index (Phi) is 10.7. The van der Waals surface area contributed by atoms with E-state index in [2.05, 4.69) is 89.1 Å². The lowest BCUT2D eigenvalue weighted by Gasteiger charge is -2.58. The number of nitrogens with zero attached hydrogens (tertiary/aromatic N) is 7. The zero-order chi connectivity index (χ0) is 47.0. The summed E-state index contributed by atoms with van der Waals surface area (Å²) in [7, 11) is 0. The molecule has 6 aromatic rings. The van der Waals surface area contributed by atoms with E-state index >= 15 is 0 Å². The van der Waals surface area contributed by atoms with Gasteiger partial charge in [0.15, 0.2) is 5.82 Å². The van der Waals surface area contributed by atoms with Crippen LogP contribution in [0.25, 0.3) is 33.3 Å². The molecule has 0 spiro atoms. The number of aromatic amines is 1. The van der Waals surface area contributed by atoms with Gasteiger partial charge in [0.05, 0.1) is 22.3 Å². The fourth-order valence-corrected chi connectivity index (χ4v) is 10.7. The molecule has 4 aromatic carbocycles. The standard InChI is InChI=1S/C52H54N10O6/c1-29-21-33(5-6-34(29)25-53-47(65)48-55-51(58-68-48)52(2,3)4)45-41-22-32(9-14-42(41)56-57-45)31-7-10-35(11-8-31)59-19-17-30(18-20-59)26-61-37-23-38(61)28-60(27-37)36-12-13-39-40(24-36)50(67)62(49(39)66)43-15-16-44(63)54-46(43)64/h5-14,21-22,24,30,37-38,43H,15-20,23,25-28H2,1-4H3,(H,53,65)(H,56,57)(H,54,63,64). The molecule has 0 aliphatic carbocycles. The van der Waals surface area contributed by atoms with Crippen molar-refractivity contribution in [2.45, 2.75) is 89.9 Å². The number of aromatic nitrogens is 4. The van der Waals surface area contributed by atoms with Gasteiger partial charge < -0.3 is 19.6 Å². The third-order valence-electron chi connectivity index (χ3n) is 14.7. The first-order valence-electron chi connectivity index (χ1n) is 23.7. The predicted octanol–water partition coefficient (Wildman–Crippen LogP) is 6.40. The lowest BCUT2D eigenvalue weighted by atomic mass is 9.84. The Hall–Kier alpha value is -7.20. The number of rotatable bonds is 10. The highest BCUT2D eigenvalue weighted by Gasteiger charge is 2.47. The maximum Gasteiger partial charge on any atom is 0.315 e. The maximum atomic E-state index is 13.5. The maximum absolute atomic E-state index is 13.5. The molecule has 6 aliphatic heterocycles. The Morgan fingerprint density at radius 3 is 2.25 bits per heavy atom. The fraction of sp³-hybridized carbons (Fsp3) is 0.385. The van der Waals surface area contributed by atoms with Crippen LogP contribution in [0.4, 0.5) is 11.4 Å². The molecular formula is C52H54N10O6. The number of H-pyrrole nitrogens is 1. The molecule has 6 aliphatic rings. The molecule has 2 aromatic heterocycles. The molecule has 0 saturated carbocycles. The van der Waals surface area contributed by atoms with Crippen LogP contribution in [0.15, 0.2) is 83.4 Å². The number of benzene rings is 4. The van der Waals surface area contributed by atoms with Crippen molar-refractivity contribution in [3.63, 3.8) is 0 Å². The van der Waals surface area contributed by atoms with Crippen molar-refractivity contribution in [3.8, 4) is 22.4 Å². The first kappa shape index (κ1) is 43.4. The van der Waals surface area contributed by atoms with Gasteiger partial charge in [-0.1, -0.05) is 56.3 Å². The van der Waals surface area contributed by atoms with Gasteiger partial charge in [-0.3, -0.25) is 44.2 Å². The summed E-state index contributed by atoms with van der Waals surface area (Å²) < 4.78 is 5.21. The average Bonchev–Trinajstić information content (AvgIpc) is 4.08. The van der Waals surface area contributed by atoms with Crippen molar-refractivity contribution >= 4 is 51.8 Å². The van der Waals surface area contributed by atoms with Gasteiger partial charge in [-0.15, -0.1) is 0 Å². The molecule has 16 nitrogen and oxygen atoms in total. The summed E-state index contributed by atoms with van der Waals surface area (Å²) in [6, 6.07) is 26.9. The number of imide groups is 2. The number of carbonyl (C=O) groups excluding carboxylic acids is 5. The summed E-state index contributed by atoms with van der Waals surface area (Å²) in [5.74, 6) is -1.26.